The van der Waals surface area contributed by atoms with E-state index in [1.807, 2.05) is 18.2 Å². The Kier molecular flexibility index (Phi) is 7.65. The Labute approximate surface area is 182 Å². The number of hydrogen-bond acceptors (Lipinski definition) is 5. The van der Waals surface area contributed by atoms with Gasteiger partial charge in [0.1, 0.15) is 5.52 Å². The maximum absolute atomic E-state index is 12.6. The molecule has 0 aliphatic rings. The third-order valence-corrected chi connectivity index (χ3v) is 5.36. The van der Waals surface area contributed by atoms with E-state index in [0.29, 0.717) is 28.8 Å². The van der Waals surface area contributed by atoms with Crippen molar-refractivity contribution in [3.05, 3.63) is 59.3 Å². The summed E-state index contributed by atoms with van der Waals surface area (Å²) in [5, 5.41) is 30.5. The minimum absolute atomic E-state index is 0.0581. The zero-order chi connectivity index (χ0) is 22.2. The second kappa shape index (κ2) is 10.6. The second-order valence-corrected chi connectivity index (χ2v) is 7.79. The van der Waals surface area contributed by atoms with Crippen molar-refractivity contribution in [3.8, 4) is 17.2 Å². The van der Waals surface area contributed by atoms with Crippen molar-refractivity contribution in [1.29, 1.82) is 0 Å². The highest BCUT2D eigenvalue weighted by atomic mass is 16.3. The number of pyridine rings is 1. The van der Waals surface area contributed by atoms with Crippen LogP contribution in [0.15, 0.2) is 42.5 Å². The van der Waals surface area contributed by atoms with Crippen LogP contribution in [-0.2, 0) is 0 Å². The summed E-state index contributed by atoms with van der Waals surface area (Å²) < 4.78 is 0. The molecule has 5 heteroatoms. The Morgan fingerprint density at radius 2 is 1.61 bits per heavy atom. The van der Waals surface area contributed by atoms with Crippen molar-refractivity contribution in [3.63, 3.8) is 0 Å². The summed E-state index contributed by atoms with van der Waals surface area (Å²) in [6.07, 6.45) is 10.6. The predicted molar refractivity (Wildman–Crippen MR) is 124 cm³/mol. The number of rotatable bonds is 10. The number of nitrogens with zero attached hydrogens (tertiary/aromatic N) is 1. The summed E-state index contributed by atoms with van der Waals surface area (Å²) >= 11 is 0. The van der Waals surface area contributed by atoms with Gasteiger partial charge in [-0.25, -0.2) is 4.98 Å². The molecule has 3 rings (SSSR count). The zero-order valence-corrected chi connectivity index (χ0v) is 17.8. The van der Waals surface area contributed by atoms with E-state index in [4.69, 9.17) is 0 Å². The van der Waals surface area contributed by atoms with Gasteiger partial charge in [0.2, 0.25) is 0 Å². The fraction of sp³-hybridized carbons (Fsp3) is 0.308. The van der Waals surface area contributed by atoms with E-state index in [9.17, 15) is 20.1 Å². The van der Waals surface area contributed by atoms with E-state index in [-0.39, 0.29) is 23.0 Å². The normalized spacial score (nSPS) is 11.4. The number of aromatic nitrogens is 1. The molecular formula is C26H29NO4. The first-order chi connectivity index (χ1) is 15.0. The van der Waals surface area contributed by atoms with Crippen LogP contribution in [-0.4, -0.2) is 26.1 Å². The van der Waals surface area contributed by atoms with Crippen LogP contribution < -0.4 is 0 Å². The number of carbonyl (C=O) groups excluding carboxylic acids is 1. The highest BCUT2D eigenvalue weighted by Crippen LogP contribution is 2.30. The zero-order valence-electron chi connectivity index (χ0n) is 17.8. The van der Waals surface area contributed by atoms with Crippen LogP contribution in [0, 0.1) is 0 Å². The summed E-state index contributed by atoms with van der Waals surface area (Å²) in [6.45, 7) is 2.18. The quantitative estimate of drug-likeness (QED) is 0.199. The molecule has 3 aromatic rings. The van der Waals surface area contributed by atoms with E-state index in [0.717, 1.165) is 24.6 Å². The molecule has 0 spiro atoms. The van der Waals surface area contributed by atoms with Crippen molar-refractivity contribution in [2.45, 2.75) is 51.9 Å². The Hall–Kier alpha value is -3.34. The van der Waals surface area contributed by atoms with Crippen LogP contribution in [0.3, 0.4) is 0 Å². The molecule has 31 heavy (non-hydrogen) atoms. The van der Waals surface area contributed by atoms with E-state index in [2.05, 4.69) is 11.9 Å². The molecule has 5 nitrogen and oxygen atoms in total. The smallest absolute Gasteiger partial charge is 0.166 e. The van der Waals surface area contributed by atoms with Crippen LogP contribution in [0.1, 0.15) is 73.5 Å². The molecule has 1 aromatic heterocycles. The van der Waals surface area contributed by atoms with Crippen molar-refractivity contribution >= 4 is 28.8 Å². The van der Waals surface area contributed by atoms with E-state index >= 15 is 0 Å². The first kappa shape index (κ1) is 22.3. The summed E-state index contributed by atoms with van der Waals surface area (Å²) in [5.41, 5.74) is 2.02. The topological polar surface area (TPSA) is 90.7 Å². The lowest BCUT2D eigenvalue weighted by molar-refractivity contribution is 0.0976. The maximum Gasteiger partial charge on any atom is 0.166 e. The second-order valence-electron chi connectivity index (χ2n) is 7.79. The number of carbonyl (C=O) groups is 1. The molecular weight excluding hydrogens is 390 g/mol. The van der Waals surface area contributed by atoms with Crippen molar-refractivity contribution < 1.29 is 20.1 Å². The van der Waals surface area contributed by atoms with Crippen LogP contribution in [0.4, 0.5) is 0 Å². The fourth-order valence-electron chi connectivity index (χ4n) is 3.53. The van der Waals surface area contributed by atoms with Gasteiger partial charge in [-0.15, -0.1) is 0 Å². The highest BCUT2D eigenvalue weighted by Gasteiger charge is 2.14. The molecule has 162 valence electrons. The SMILES string of the molecule is CCCCCCCCC(=O)c1ccc2ccc(/C=C/c3ccc(O)c(O)c3)nc2c1O. The molecule has 0 atom stereocenters. The molecule has 2 aromatic carbocycles. The standard InChI is InChI=1S/C26H29NO4/c1-2-3-4-5-6-7-8-22(28)21-15-12-19-11-14-20(27-25(19)26(21)31)13-9-18-10-16-23(29)24(30)17-18/h9-17,29-31H,2-8H2,1H3/b13-9+. The van der Waals surface area contributed by atoms with E-state index in [1.54, 1.807) is 24.3 Å². The van der Waals surface area contributed by atoms with Gasteiger partial charge in [-0.3, -0.25) is 4.79 Å². The van der Waals surface area contributed by atoms with Gasteiger partial charge in [0.05, 0.1) is 11.3 Å². The largest absolute Gasteiger partial charge is 0.505 e. The lowest BCUT2D eigenvalue weighted by Gasteiger charge is -2.08. The molecule has 0 saturated heterocycles. The van der Waals surface area contributed by atoms with Gasteiger partial charge in [0.25, 0.3) is 0 Å². The molecule has 0 bridgehead atoms. The van der Waals surface area contributed by atoms with Crippen LogP contribution in [0.2, 0.25) is 0 Å². The van der Waals surface area contributed by atoms with E-state index < -0.39 is 0 Å². The number of Topliss-reactive ketones (excluding diaryl/α,β-unsaturated/α-hetero) is 1. The van der Waals surface area contributed by atoms with Gasteiger partial charge >= 0.3 is 0 Å². The minimum atomic E-state index is -0.195. The van der Waals surface area contributed by atoms with Crippen molar-refractivity contribution in [1.82, 2.24) is 4.98 Å². The lowest BCUT2D eigenvalue weighted by atomic mass is 10.0. The number of unbranched alkanes of at least 4 members (excludes halogenated alkanes) is 5. The molecule has 0 aliphatic carbocycles. The van der Waals surface area contributed by atoms with Crippen molar-refractivity contribution in [2.75, 3.05) is 0 Å². The number of fused-ring (bicyclic) bond motifs is 1. The number of phenolic OH excluding ortho intramolecular Hbond substituents is 3. The number of aromatic hydroxyl groups is 3. The Balaban J connectivity index is 1.74. The molecule has 0 aliphatic heterocycles. The molecule has 1 heterocycles. The number of benzene rings is 2. The minimum Gasteiger partial charge on any atom is -0.505 e. The fourth-order valence-corrected chi connectivity index (χ4v) is 3.53. The number of hydrogen-bond donors (Lipinski definition) is 3. The van der Waals surface area contributed by atoms with Gasteiger partial charge in [-0.2, -0.15) is 0 Å². The molecule has 0 amide bonds. The average Bonchev–Trinajstić information content (AvgIpc) is 2.77. The van der Waals surface area contributed by atoms with Crippen molar-refractivity contribution in [2.24, 2.45) is 0 Å². The van der Waals surface area contributed by atoms with Gasteiger partial charge in [-0.05, 0) is 42.3 Å². The molecule has 0 saturated carbocycles. The maximum atomic E-state index is 12.6. The third kappa shape index (κ3) is 5.85. The van der Waals surface area contributed by atoms with Crippen LogP contribution in [0.5, 0.6) is 17.2 Å². The molecule has 3 N–H and O–H groups in total. The summed E-state index contributed by atoms with van der Waals surface area (Å²) in [4.78, 5) is 17.1. The summed E-state index contributed by atoms with van der Waals surface area (Å²) in [6, 6.07) is 11.7. The van der Waals surface area contributed by atoms with Gasteiger partial charge in [-0.1, -0.05) is 63.3 Å². The monoisotopic (exact) mass is 419 g/mol. The van der Waals surface area contributed by atoms with E-state index in [1.165, 1.54) is 31.4 Å². The highest BCUT2D eigenvalue weighted by molar-refractivity contribution is 6.03. The predicted octanol–water partition coefficient (Wildman–Crippen LogP) is 6.46. The first-order valence-electron chi connectivity index (χ1n) is 10.9. The van der Waals surface area contributed by atoms with Gasteiger partial charge in [0.15, 0.2) is 23.0 Å². The Morgan fingerprint density at radius 1 is 0.871 bits per heavy atom. The van der Waals surface area contributed by atoms with Crippen LogP contribution >= 0.6 is 0 Å². The summed E-state index contributed by atoms with van der Waals surface area (Å²) in [5.74, 6) is -0.507. The Bertz CT molecular complexity index is 1090. The van der Waals surface area contributed by atoms with Gasteiger partial charge in [0, 0.05) is 11.8 Å². The molecule has 0 fully saturated rings. The molecule has 0 unspecified atom stereocenters. The first-order valence-corrected chi connectivity index (χ1v) is 10.9. The average molecular weight is 420 g/mol. The lowest BCUT2D eigenvalue weighted by Crippen LogP contribution is -2.00. The summed E-state index contributed by atoms with van der Waals surface area (Å²) in [7, 11) is 0. The van der Waals surface area contributed by atoms with Gasteiger partial charge < -0.3 is 15.3 Å². The van der Waals surface area contributed by atoms with Crippen LogP contribution in [0.25, 0.3) is 23.1 Å². The third-order valence-electron chi connectivity index (χ3n) is 5.36. The number of phenols is 3. The molecule has 0 radical (unpaired) electrons. The number of ketones is 1. The Morgan fingerprint density at radius 3 is 2.39 bits per heavy atom.